The second-order valence-corrected chi connectivity index (χ2v) is 17.9. The molecule has 0 aliphatic heterocycles. The van der Waals surface area contributed by atoms with Gasteiger partial charge >= 0.3 is 11.9 Å². The second kappa shape index (κ2) is 33.4. The first kappa shape index (κ1) is 51.1. The van der Waals surface area contributed by atoms with Crippen LogP contribution in [0.3, 0.4) is 0 Å². The maximum absolute atomic E-state index is 11.6. The van der Waals surface area contributed by atoms with Gasteiger partial charge in [-0.15, -0.1) is 0 Å². The molecule has 0 unspecified atom stereocenters. The van der Waals surface area contributed by atoms with Gasteiger partial charge in [0.2, 0.25) is 0 Å². The average Bonchev–Trinajstić information content (AvgIpc) is 3.22. The van der Waals surface area contributed by atoms with Crippen molar-refractivity contribution in [3.05, 3.63) is 48.5 Å². The van der Waals surface area contributed by atoms with Crippen LogP contribution in [0.4, 0.5) is 0 Å². The summed E-state index contributed by atoms with van der Waals surface area (Å²) < 4.78 is 23.6. The molecule has 0 aromatic heterocycles. The molecular formula is C54H86O6. The summed E-state index contributed by atoms with van der Waals surface area (Å²) in [6.07, 6.45) is 36.3. The van der Waals surface area contributed by atoms with Crippen LogP contribution in [0.15, 0.2) is 48.5 Å². The number of fused-ring (bicyclic) bond motifs is 2. The number of benzene rings is 3. The fourth-order valence-electron chi connectivity index (χ4n) is 8.34. The van der Waals surface area contributed by atoms with E-state index >= 15 is 0 Å². The molecule has 0 heterocycles. The Balaban J connectivity index is 1.21. The van der Waals surface area contributed by atoms with Crippen LogP contribution in [0.5, 0.6) is 11.5 Å². The molecule has 338 valence electrons. The summed E-state index contributed by atoms with van der Waals surface area (Å²) in [7, 11) is 0. The van der Waals surface area contributed by atoms with Crippen molar-refractivity contribution in [1.82, 2.24) is 0 Å². The third-order valence-corrected chi connectivity index (χ3v) is 11.6. The van der Waals surface area contributed by atoms with Crippen molar-refractivity contribution in [2.45, 2.75) is 233 Å². The summed E-state index contributed by atoms with van der Waals surface area (Å²) >= 11 is 0. The van der Waals surface area contributed by atoms with Crippen LogP contribution in [-0.4, -0.2) is 37.4 Å². The monoisotopic (exact) mass is 831 g/mol. The Hall–Kier alpha value is -3.28. The van der Waals surface area contributed by atoms with E-state index in [4.69, 9.17) is 18.9 Å². The molecule has 3 rings (SSSR count). The topological polar surface area (TPSA) is 71.1 Å². The highest BCUT2D eigenvalue weighted by Gasteiger charge is 2.16. The molecule has 0 fully saturated rings. The Bertz CT molecular complexity index is 1370. The fraction of sp³-hybridized carbons (Fsp3) is 0.704. The normalized spacial score (nSPS) is 11.6. The minimum atomic E-state index is -0.0479. The highest BCUT2D eigenvalue weighted by Crippen LogP contribution is 2.43. The van der Waals surface area contributed by atoms with Gasteiger partial charge in [0, 0.05) is 34.4 Å². The summed E-state index contributed by atoms with van der Waals surface area (Å²) in [6, 6.07) is 17.2. The Kier molecular flexibility index (Phi) is 28.4. The molecule has 0 amide bonds. The van der Waals surface area contributed by atoms with Crippen molar-refractivity contribution in [2.75, 3.05) is 13.2 Å². The molecule has 60 heavy (non-hydrogen) atoms. The molecule has 0 N–H and O–H groups in total. The quantitative estimate of drug-likeness (QED) is 0.0325. The highest BCUT2D eigenvalue weighted by atomic mass is 16.5. The zero-order valence-electron chi connectivity index (χ0n) is 38.9. The molecule has 0 spiro atoms. The molecule has 0 radical (unpaired) electrons. The number of hydrogen-bond donors (Lipinski definition) is 0. The number of hydrogen-bond acceptors (Lipinski definition) is 6. The van der Waals surface area contributed by atoms with E-state index in [1.54, 1.807) is 0 Å². The number of ether oxygens (including phenoxy) is 4. The first-order chi connectivity index (χ1) is 29.4. The molecular weight excluding hydrogens is 745 g/mol. The Morgan fingerprint density at radius 2 is 0.567 bits per heavy atom. The number of unbranched alkanes of at least 4 members (excludes halogenated alkanes) is 26. The summed E-state index contributed by atoms with van der Waals surface area (Å²) in [5.74, 6) is 1.90. The lowest BCUT2D eigenvalue weighted by Gasteiger charge is -2.18. The zero-order chi connectivity index (χ0) is 42.9. The molecule has 6 heteroatoms. The van der Waals surface area contributed by atoms with Gasteiger partial charge in [-0.2, -0.15) is 0 Å². The fourth-order valence-corrected chi connectivity index (χ4v) is 8.34. The SMILES string of the molecule is CC(C)OC(=O)CCCCCCCCCCCCCCCCOc1c2ccccc2c(OCCCCCCCCCCCCCCCCC(=O)OC(C)C)c2ccccc12. The van der Waals surface area contributed by atoms with E-state index < -0.39 is 0 Å². The maximum atomic E-state index is 11.6. The summed E-state index contributed by atoms with van der Waals surface area (Å²) in [5, 5.41) is 4.59. The molecule has 0 aliphatic rings. The van der Waals surface area contributed by atoms with Crippen molar-refractivity contribution in [2.24, 2.45) is 0 Å². The highest BCUT2D eigenvalue weighted by molar-refractivity contribution is 6.11. The van der Waals surface area contributed by atoms with E-state index in [1.807, 2.05) is 27.7 Å². The van der Waals surface area contributed by atoms with Crippen molar-refractivity contribution < 1.29 is 28.5 Å². The summed E-state index contributed by atoms with van der Waals surface area (Å²) in [5.41, 5.74) is 0. The Morgan fingerprint density at radius 3 is 0.800 bits per heavy atom. The van der Waals surface area contributed by atoms with Gasteiger partial charge in [0.05, 0.1) is 25.4 Å². The number of carbonyl (C=O) groups excluding carboxylic acids is 2. The van der Waals surface area contributed by atoms with Gasteiger partial charge in [0.1, 0.15) is 11.5 Å². The van der Waals surface area contributed by atoms with Gasteiger partial charge < -0.3 is 18.9 Å². The van der Waals surface area contributed by atoms with Crippen LogP contribution in [0, 0.1) is 0 Å². The minimum absolute atomic E-state index is 0.00137. The maximum Gasteiger partial charge on any atom is 0.306 e. The largest absolute Gasteiger partial charge is 0.492 e. The van der Waals surface area contributed by atoms with E-state index in [-0.39, 0.29) is 24.1 Å². The van der Waals surface area contributed by atoms with Crippen LogP contribution < -0.4 is 9.47 Å². The van der Waals surface area contributed by atoms with Gasteiger partial charge in [-0.1, -0.05) is 203 Å². The van der Waals surface area contributed by atoms with Gasteiger partial charge in [-0.3, -0.25) is 9.59 Å². The van der Waals surface area contributed by atoms with E-state index in [0.29, 0.717) is 12.8 Å². The number of rotatable bonds is 38. The van der Waals surface area contributed by atoms with Crippen molar-refractivity contribution in [1.29, 1.82) is 0 Å². The molecule has 0 atom stereocenters. The van der Waals surface area contributed by atoms with Crippen molar-refractivity contribution in [3.63, 3.8) is 0 Å². The van der Waals surface area contributed by atoms with E-state index in [1.165, 1.54) is 141 Å². The minimum Gasteiger partial charge on any atom is -0.492 e. The van der Waals surface area contributed by atoms with Crippen LogP contribution in [0.25, 0.3) is 21.5 Å². The van der Waals surface area contributed by atoms with Gasteiger partial charge in [-0.05, 0) is 53.4 Å². The number of esters is 2. The van der Waals surface area contributed by atoms with Crippen LogP contribution in [-0.2, 0) is 19.1 Å². The lowest BCUT2D eigenvalue weighted by molar-refractivity contribution is -0.148. The first-order valence-corrected chi connectivity index (χ1v) is 24.9. The van der Waals surface area contributed by atoms with E-state index in [2.05, 4.69) is 48.5 Å². The van der Waals surface area contributed by atoms with Gasteiger partial charge in [0.15, 0.2) is 0 Å². The Morgan fingerprint density at radius 1 is 0.350 bits per heavy atom. The lowest BCUT2D eigenvalue weighted by Crippen LogP contribution is -2.10. The smallest absolute Gasteiger partial charge is 0.306 e. The van der Waals surface area contributed by atoms with Crippen molar-refractivity contribution in [3.8, 4) is 11.5 Å². The molecule has 0 bridgehead atoms. The van der Waals surface area contributed by atoms with Gasteiger partial charge in [0.25, 0.3) is 0 Å². The summed E-state index contributed by atoms with van der Waals surface area (Å²) in [4.78, 5) is 23.2. The second-order valence-electron chi connectivity index (χ2n) is 17.9. The van der Waals surface area contributed by atoms with Crippen LogP contribution >= 0.6 is 0 Å². The van der Waals surface area contributed by atoms with Crippen LogP contribution in [0.1, 0.15) is 220 Å². The van der Waals surface area contributed by atoms with E-state index in [9.17, 15) is 9.59 Å². The predicted molar refractivity (Wildman–Crippen MR) is 253 cm³/mol. The molecule has 0 saturated heterocycles. The third kappa shape index (κ3) is 23.1. The first-order valence-electron chi connectivity index (χ1n) is 24.9. The number of carbonyl (C=O) groups is 2. The standard InChI is InChI=1S/C54H86O6/c1-45(2)59-51(55)41-29-25-21-17-13-9-5-7-11-15-19-23-27-35-43-57-53-47-37-31-33-39-49(47)54(50-40-34-32-38-48(50)53)58-44-36-28-24-20-16-12-8-6-10-14-18-22-26-30-42-52(56)60-46(3)4/h31-34,37-40,45-46H,5-30,35-36,41-44H2,1-4H3. The average molecular weight is 831 g/mol. The zero-order valence-corrected chi connectivity index (χ0v) is 38.9. The summed E-state index contributed by atoms with van der Waals surface area (Å²) in [6.45, 7) is 9.13. The Labute approximate surface area is 366 Å². The lowest BCUT2D eigenvalue weighted by atomic mass is 10.0. The van der Waals surface area contributed by atoms with E-state index in [0.717, 1.165) is 84.8 Å². The molecule has 0 aliphatic carbocycles. The molecule has 6 nitrogen and oxygen atoms in total. The van der Waals surface area contributed by atoms with Crippen LogP contribution in [0.2, 0.25) is 0 Å². The third-order valence-electron chi connectivity index (χ3n) is 11.6. The van der Waals surface area contributed by atoms with Gasteiger partial charge in [-0.25, -0.2) is 0 Å². The van der Waals surface area contributed by atoms with Crippen molar-refractivity contribution >= 4 is 33.5 Å². The molecule has 3 aromatic rings. The predicted octanol–water partition coefficient (Wildman–Crippen LogP) is 16.4. The molecule has 3 aromatic carbocycles. The molecule has 0 saturated carbocycles.